The number of para-hydroxylation sites is 1. The van der Waals surface area contributed by atoms with E-state index in [-0.39, 0.29) is 6.03 Å². The van der Waals surface area contributed by atoms with Gasteiger partial charge in [-0.05, 0) is 59.0 Å². The van der Waals surface area contributed by atoms with Crippen LogP contribution in [0.25, 0.3) is 0 Å². The van der Waals surface area contributed by atoms with Crippen LogP contribution in [-0.2, 0) is 0 Å². The molecule has 0 aromatic heterocycles. The fourth-order valence-electron chi connectivity index (χ4n) is 1.69. The van der Waals surface area contributed by atoms with Gasteiger partial charge >= 0.3 is 6.03 Å². The number of hydrogen-bond donors (Lipinski definition) is 2. The summed E-state index contributed by atoms with van der Waals surface area (Å²) < 4.78 is 1.00. The highest BCUT2D eigenvalue weighted by atomic mass is 127. The summed E-state index contributed by atoms with van der Waals surface area (Å²) in [4.78, 5) is 13.9. The molecule has 20 heavy (non-hydrogen) atoms. The second kappa shape index (κ2) is 6.60. The zero-order valence-corrected chi connectivity index (χ0v) is 13.5. The number of carbonyl (C=O) groups is 1. The lowest BCUT2D eigenvalue weighted by Gasteiger charge is -2.13. The highest BCUT2D eigenvalue weighted by Gasteiger charge is 2.05. The molecule has 0 radical (unpaired) electrons. The van der Waals surface area contributed by atoms with Crippen LogP contribution in [0.1, 0.15) is 0 Å². The first-order chi connectivity index (χ1) is 9.56. The molecular formula is C15H16IN3O. The summed E-state index contributed by atoms with van der Waals surface area (Å²) in [7, 11) is 3.96. The Kier molecular flexibility index (Phi) is 4.84. The smallest absolute Gasteiger partial charge is 0.323 e. The normalized spacial score (nSPS) is 9.95. The van der Waals surface area contributed by atoms with E-state index < -0.39 is 0 Å². The first kappa shape index (κ1) is 14.6. The van der Waals surface area contributed by atoms with Crippen LogP contribution in [0, 0.1) is 3.57 Å². The number of benzene rings is 2. The van der Waals surface area contributed by atoms with Gasteiger partial charge in [0.25, 0.3) is 0 Å². The Morgan fingerprint density at radius 3 is 2.25 bits per heavy atom. The molecule has 0 aliphatic rings. The molecule has 0 aliphatic heterocycles. The molecule has 0 aliphatic carbocycles. The molecule has 5 heteroatoms. The molecule has 2 rings (SSSR count). The van der Waals surface area contributed by atoms with Crippen molar-refractivity contribution < 1.29 is 4.79 Å². The number of carbonyl (C=O) groups excluding carboxylic acids is 1. The average Bonchev–Trinajstić information content (AvgIpc) is 2.42. The molecular weight excluding hydrogens is 365 g/mol. The largest absolute Gasteiger partial charge is 0.378 e. The van der Waals surface area contributed by atoms with Gasteiger partial charge in [-0.25, -0.2) is 4.79 Å². The number of halogens is 1. The van der Waals surface area contributed by atoms with Crippen molar-refractivity contribution in [1.82, 2.24) is 0 Å². The second-order valence-corrected chi connectivity index (χ2v) is 5.66. The standard InChI is InChI=1S/C15H16IN3O/c1-19(2)12-9-7-11(8-10-12)17-15(20)18-14-6-4-3-5-13(14)16/h3-10H,1-2H3,(H2,17,18,20). The molecule has 0 heterocycles. The van der Waals surface area contributed by atoms with E-state index >= 15 is 0 Å². The zero-order valence-electron chi connectivity index (χ0n) is 11.4. The Bertz CT molecular complexity index is 596. The number of amides is 2. The topological polar surface area (TPSA) is 44.4 Å². The highest BCUT2D eigenvalue weighted by molar-refractivity contribution is 14.1. The van der Waals surface area contributed by atoms with E-state index in [1.807, 2.05) is 67.5 Å². The van der Waals surface area contributed by atoms with E-state index in [2.05, 4.69) is 33.2 Å². The van der Waals surface area contributed by atoms with Crippen molar-refractivity contribution >= 4 is 45.7 Å². The molecule has 4 nitrogen and oxygen atoms in total. The van der Waals surface area contributed by atoms with Gasteiger partial charge in [-0.15, -0.1) is 0 Å². The molecule has 2 aromatic carbocycles. The monoisotopic (exact) mass is 381 g/mol. The van der Waals surface area contributed by atoms with Crippen LogP contribution in [0.5, 0.6) is 0 Å². The van der Waals surface area contributed by atoms with Gasteiger partial charge < -0.3 is 15.5 Å². The summed E-state index contributed by atoms with van der Waals surface area (Å²) in [6, 6.07) is 15.1. The van der Waals surface area contributed by atoms with Crippen LogP contribution in [0.3, 0.4) is 0 Å². The maximum absolute atomic E-state index is 11.9. The van der Waals surface area contributed by atoms with Crippen LogP contribution in [0.4, 0.5) is 21.9 Å². The van der Waals surface area contributed by atoms with Crippen LogP contribution >= 0.6 is 22.6 Å². The van der Waals surface area contributed by atoms with Crippen molar-refractivity contribution in [2.24, 2.45) is 0 Å². The quantitative estimate of drug-likeness (QED) is 0.790. The van der Waals surface area contributed by atoms with E-state index in [4.69, 9.17) is 0 Å². The summed E-state index contributed by atoms with van der Waals surface area (Å²) in [5.74, 6) is 0. The summed E-state index contributed by atoms with van der Waals surface area (Å²) in [5, 5.41) is 5.64. The Labute approximate surface area is 132 Å². The summed E-state index contributed by atoms with van der Waals surface area (Å²) in [5.41, 5.74) is 2.66. The van der Waals surface area contributed by atoms with Crippen molar-refractivity contribution in [3.8, 4) is 0 Å². The lowest BCUT2D eigenvalue weighted by atomic mass is 10.2. The molecule has 2 N–H and O–H groups in total. The van der Waals surface area contributed by atoms with Gasteiger partial charge in [0, 0.05) is 29.0 Å². The van der Waals surface area contributed by atoms with Gasteiger partial charge in [0.05, 0.1) is 5.69 Å². The van der Waals surface area contributed by atoms with Crippen molar-refractivity contribution in [3.05, 3.63) is 52.1 Å². The van der Waals surface area contributed by atoms with Crippen molar-refractivity contribution in [2.75, 3.05) is 29.6 Å². The molecule has 0 fully saturated rings. The first-order valence-corrected chi connectivity index (χ1v) is 7.24. The second-order valence-electron chi connectivity index (χ2n) is 4.50. The average molecular weight is 381 g/mol. The molecule has 0 bridgehead atoms. The fourth-order valence-corrected chi connectivity index (χ4v) is 2.21. The summed E-state index contributed by atoms with van der Waals surface area (Å²) in [6.45, 7) is 0. The van der Waals surface area contributed by atoms with Gasteiger partial charge in [0.1, 0.15) is 0 Å². The molecule has 0 atom stereocenters. The maximum Gasteiger partial charge on any atom is 0.323 e. The zero-order chi connectivity index (χ0) is 14.5. The summed E-state index contributed by atoms with van der Waals surface area (Å²) >= 11 is 2.19. The van der Waals surface area contributed by atoms with E-state index in [9.17, 15) is 4.79 Å². The third kappa shape index (κ3) is 3.86. The third-order valence-corrected chi connectivity index (χ3v) is 3.70. The van der Waals surface area contributed by atoms with Gasteiger partial charge in [-0.1, -0.05) is 12.1 Å². The molecule has 0 saturated heterocycles. The lowest BCUT2D eigenvalue weighted by Crippen LogP contribution is -2.20. The number of urea groups is 1. The van der Waals surface area contributed by atoms with Gasteiger partial charge in [-0.3, -0.25) is 0 Å². The molecule has 0 spiro atoms. The SMILES string of the molecule is CN(C)c1ccc(NC(=O)Nc2ccccc2I)cc1. The molecule has 2 aromatic rings. The minimum atomic E-state index is -0.244. The number of anilines is 3. The minimum absolute atomic E-state index is 0.244. The number of nitrogens with one attached hydrogen (secondary N) is 2. The molecule has 104 valence electrons. The molecule has 2 amide bonds. The maximum atomic E-state index is 11.9. The Morgan fingerprint density at radius 1 is 1.00 bits per heavy atom. The predicted molar refractivity (Wildman–Crippen MR) is 92.6 cm³/mol. The third-order valence-electron chi connectivity index (χ3n) is 2.76. The predicted octanol–water partition coefficient (Wildman–Crippen LogP) is 4.00. The Morgan fingerprint density at radius 2 is 1.65 bits per heavy atom. The van der Waals surface area contributed by atoms with Crippen LogP contribution < -0.4 is 15.5 Å². The number of hydrogen-bond acceptors (Lipinski definition) is 2. The number of nitrogens with zero attached hydrogens (tertiary/aromatic N) is 1. The van der Waals surface area contributed by atoms with Crippen LogP contribution in [-0.4, -0.2) is 20.1 Å². The van der Waals surface area contributed by atoms with E-state index in [1.165, 1.54) is 0 Å². The molecule has 0 saturated carbocycles. The molecule has 0 unspecified atom stereocenters. The Hall–Kier alpha value is -1.76. The summed E-state index contributed by atoms with van der Waals surface area (Å²) in [6.07, 6.45) is 0. The van der Waals surface area contributed by atoms with Crippen LogP contribution in [0.2, 0.25) is 0 Å². The van der Waals surface area contributed by atoms with Gasteiger partial charge in [-0.2, -0.15) is 0 Å². The van der Waals surface area contributed by atoms with Gasteiger partial charge in [0.15, 0.2) is 0 Å². The lowest BCUT2D eigenvalue weighted by molar-refractivity contribution is 0.262. The minimum Gasteiger partial charge on any atom is -0.378 e. The number of rotatable bonds is 3. The highest BCUT2D eigenvalue weighted by Crippen LogP contribution is 2.18. The first-order valence-electron chi connectivity index (χ1n) is 6.16. The van der Waals surface area contributed by atoms with Crippen molar-refractivity contribution in [3.63, 3.8) is 0 Å². The van der Waals surface area contributed by atoms with Crippen molar-refractivity contribution in [1.29, 1.82) is 0 Å². The van der Waals surface area contributed by atoms with E-state index in [1.54, 1.807) is 0 Å². The van der Waals surface area contributed by atoms with E-state index in [0.29, 0.717) is 0 Å². The van der Waals surface area contributed by atoms with E-state index in [0.717, 1.165) is 20.6 Å². The Balaban J connectivity index is 1.99. The van der Waals surface area contributed by atoms with Crippen LogP contribution in [0.15, 0.2) is 48.5 Å². The van der Waals surface area contributed by atoms with Crippen molar-refractivity contribution in [2.45, 2.75) is 0 Å². The fraction of sp³-hybridized carbons (Fsp3) is 0.133. The van der Waals surface area contributed by atoms with Gasteiger partial charge in [0.2, 0.25) is 0 Å².